The minimum Gasteiger partial charge on any atom is -0.493 e. The highest BCUT2D eigenvalue weighted by molar-refractivity contribution is 7.80. The number of nitrogens with one attached hydrogen (secondary N) is 1. The second-order valence-electron chi connectivity index (χ2n) is 4.02. The van der Waals surface area contributed by atoms with Gasteiger partial charge in [0, 0.05) is 18.5 Å². The molecule has 0 atom stereocenters. The number of fused-ring (bicyclic) bond motifs is 1. The molecule has 1 heterocycles. The van der Waals surface area contributed by atoms with Gasteiger partial charge in [0.1, 0.15) is 0 Å². The molecule has 0 unspecified atom stereocenters. The third kappa shape index (κ3) is 2.73. The second-order valence-corrected chi connectivity index (χ2v) is 4.39. The van der Waals surface area contributed by atoms with Crippen LogP contribution in [0.2, 0.25) is 0 Å². The number of rotatable bonds is 3. The average molecular weight is 276 g/mol. The Morgan fingerprint density at radius 2 is 2.00 bits per heavy atom. The smallest absolute Gasteiger partial charge is 0.218 e. The van der Waals surface area contributed by atoms with Crippen LogP contribution in [0.1, 0.15) is 13.8 Å². The van der Waals surface area contributed by atoms with E-state index < -0.39 is 0 Å². The molecular weight excluding hydrogens is 260 g/mol. The molecule has 0 saturated carbocycles. The van der Waals surface area contributed by atoms with E-state index in [9.17, 15) is 5.11 Å². The van der Waals surface area contributed by atoms with Crippen LogP contribution in [0.15, 0.2) is 34.5 Å². The van der Waals surface area contributed by atoms with Gasteiger partial charge in [-0.25, -0.2) is 0 Å². The van der Waals surface area contributed by atoms with Gasteiger partial charge < -0.3 is 15.0 Å². The van der Waals surface area contributed by atoms with Crippen molar-refractivity contribution in [1.29, 1.82) is 0 Å². The number of thiocarbonyl (C=S) groups is 1. The number of hydrogen-bond donors (Lipinski definition) is 2. The number of hydrogen-bond acceptors (Lipinski definition) is 3. The molecule has 1 aromatic carbocycles. The molecule has 100 valence electrons. The highest BCUT2D eigenvalue weighted by Gasteiger charge is 2.10. The number of aromatic hydroxyl groups is 1. The summed E-state index contributed by atoms with van der Waals surface area (Å²) in [5, 5.41) is 19.2. The van der Waals surface area contributed by atoms with E-state index in [-0.39, 0.29) is 5.88 Å². The Kier molecular flexibility index (Phi) is 4.11. The zero-order valence-corrected chi connectivity index (χ0v) is 11.7. The van der Waals surface area contributed by atoms with Crippen molar-refractivity contribution in [2.75, 3.05) is 13.1 Å². The Morgan fingerprint density at radius 1 is 1.32 bits per heavy atom. The number of benzene rings is 1. The van der Waals surface area contributed by atoms with Crippen molar-refractivity contribution in [3.8, 4) is 5.88 Å². The Bertz CT molecular complexity index is 616. The molecule has 0 spiro atoms. The SMILES string of the molecule is CCN(CC)C(=S)N=Nc1c(O)[nH]c2ccccc12. The second kappa shape index (κ2) is 5.79. The molecule has 0 aliphatic carbocycles. The first kappa shape index (κ1) is 13.5. The minimum atomic E-state index is 0.00676. The Hall–Kier alpha value is -1.95. The highest BCUT2D eigenvalue weighted by atomic mass is 32.1. The molecule has 0 saturated heterocycles. The van der Waals surface area contributed by atoms with E-state index in [2.05, 4.69) is 15.2 Å². The Labute approximate surface area is 117 Å². The molecule has 0 aliphatic heterocycles. The van der Waals surface area contributed by atoms with Gasteiger partial charge in [-0.1, -0.05) is 18.2 Å². The summed E-state index contributed by atoms with van der Waals surface area (Å²) in [5.41, 5.74) is 1.24. The van der Waals surface area contributed by atoms with Crippen LogP contribution in [0.4, 0.5) is 5.69 Å². The normalized spacial score (nSPS) is 11.3. The average Bonchev–Trinajstić information content (AvgIpc) is 2.73. The predicted molar refractivity (Wildman–Crippen MR) is 80.0 cm³/mol. The van der Waals surface area contributed by atoms with Crippen molar-refractivity contribution in [3.05, 3.63) is 24.3 Å². The summed E-state index contributed by atoms with van der Waals surface area (Å²) in [6.07, 6.45) is 0. The minimum absolute atomic E-state index is 0.00676. The topological polar surface area (TPSA) is 64.0 Å². The third-order valence-electron chi connectivity index (χ3n) is 2.93. The lowest BCUT2D eigenvalue weighted by atomic mass is 10.2. The van der Waals surface area contributed by atoms with Gasteiger partial charge in [-0.05, 0) is 32.1 Å². The van der Waals surface area contributed by atoms with Gasteiger partial charge in [-0.3, -0.25) is 0 Å². The van der Waals surface area contributed by atoms with Crippen LogP contribution in [0.3, 0.4) is 0 Å². The molecule has 0 amide bonds. The quantitative estimate of drug-likeness (QED) is 0.665. The molecule has 19 heavy (non-hydrogen) atoms. The lowest BCUT2D eigenvalue weighted by Gasteiger charge is -2.16. The van der Waals surface area contributed by atoms with Crippen LogP contribution in [-0.2, 0) is 0 Å². The van der Waals surface area contributed by atoms with Crippen molar-refractivity contribution < 1.29 is 5.11 Å². The van der Waals surface area contributed by atoms with Crippen molar-refractivity contribution in [1.82, 2.24) is 9.88 Å². The first-order valence-corrected chi connectivity index (χ1v) is 6.58. The summed E-state index contributed by atoms with van der Waals surface area (Å²) >= 11 is 5.19. The summed E-state index contributed by atoms with van der Waals surface area (Å²) in [5.74, 6) is 0.00676. The molecule has 6 heteroatoms. The van der Waals surface area contributed by atoms with Crippen molar-refractivity contribution in [3.63, 3.8) is 0 Å². The monoisotopic (exact) mass is 276 g/mol. The standard InChI is InChI=1S/C13H16N4OS/c1-3-17(4-2)13(19)16-15-11-9-7-5-6-8-10(9)14-12(11)18/h5-8,14,18H,3-4H2,1-2H3. The fourth-order valence-corrected chi connectivity index (χ4v) is 2.16. The lowest BCUT2D eigenvalue weighted by Crippen LogP contribution is -2.27. The summed E-state index contributed by atoms with van der Waals surface area (Å²) in [6, 6.07) is 7.52. The number of aromatic amines is 1. The number of nitrogens with zero attached hydrogens (tertiary/aromatic N) is 3. The number of azo groups is 1. The van der Waals surface area contributed by atoms with Gasteiger partial charge in [0.25, 0.3) is 0 Å². The van der Waals surface area contributed by atoms with E-state index in [1.807, 2.05) is 43.0 Å². The summed E-state index contributed by atoms with van der Waals surface area (Å²) in [4.78, 5) is 4.77. The zero-order valence-electron chi connectivity index (χ0n) is 10.9. The van der Waals surface area contributed by atoms with Gasteiger partial charge in [0.05, 0.1) is 5.52 Å². The summed E-state index contributed by atoms with van der Waals surface area (Å²) < 4.78 is 0. The molecule has 0 fully saturated rings. The first-order valence-electron chi connectivity index (χ1n) is 6.17. The van der Waals surface area contributed by atoms with E-state index in [1.54, 1.807) is 0 Å². The lowest BCUT2D eigenvalue weighted by molar-refractivity contribution is 0.458. The number of H-pyrrole nitrogens is 1. The molecule has 0 aliphatic rings. The molecule has 2 N–H and O–H groups in total. The van der Waals surface area contributed by atoms with E-state index in [1.165, 1.54) is 0 Å². The summed E-state index contributed by atoms with van der Waals surface area (Å²) in [7, 11) is 0. The van der Waals surface area contributed by atoms with Crippen LogP contribution in [0.5, 0.6) is 5.88 Å². The van der Waals surface area contributed by atoms with Crippen LogP contribution < -0.4 is 0 Å². The Morgan fingerprint density at radius 3 is 2.68 bits per heavy atom. The molecule has 0 bridgehead atoms. The van der Waals surface area contributed by atoms with E-state index in [0.717, 1.165) is 24.0 Å². The molecular formula is C13H16N4OS. The molecule has 0 radical (unpaired) electrons. The molecule has 2 aromatic rings. The van der Waals surface area contributed by atoms with Gasteiger partial charge in [0.2, 0.25) is 11.0 Å². The maximum atomic E-state index is 9.83. The first-order chi connectivity index (χ1) is 9.17. The van der Waals surface area contributed by atoms with Gasteiger partial charge >= 0.3 is 0 Å². The van der Waals surface area contributed by atoms with E-state index >= 15 is 0 Å². The molecule has 5 nitrogen and oxygen atoms in total. The zero-order chi connectivity index (χ0) is 13.8. The maximum absolute atomic E-state index is 9.83. The summed E-state index contributed by atoms with van der Waals surface area (Å²) in [6.45, 7) is 5.59. The fourth-order valence-electron chi connectivity index (χ4n) is 1.86. The van der Waals surface area contributed by atoms with Gasteiger partial charge in [-0.2, -0.15) is 0 Å². The van der Waals surface area contributed by atoms with Crippen molar-refractivity contribution in [2.24, 2.45) is 10.2 Å². The number of para-hydroxylation sites is 1. The van der Waals surface area contributed by atoms with Crippen LogP contribution >= 0.6 is 12.2 Å². The molecule has 1 aromatic heterocycles. The maximum Gasteiger partial charge on any atom is 0.218 e. The predicted octanol–water partition coefficient (Wildman–Crippen LogP) is 3.58. The van der Waals surface area contributed by atoms with Gasteiger partial charge in [-0.15, -0.1) is 10.2 Å². The van der Waals surface area contributed by atoms with E-state index in [4.69, 9.17) is 12.2 Å². The van der Waals surface area contributed by atoms with Crippen LogP contribution in [0.25, 0.3) is 10.9 Å². The van der Waals surface area contributed by atoms with Crippen LogP contribution in [-0.4, -0.2) is 33.2 Å². The van der Waals surface area contributed by atoms with E-state index in [0.29, 0.717) is 10.8 Å². The van der Waals surface area contributed by atoms with Crippen molar-refractivity contribution >= 4 is 33.9 Å². The Balaban J connectivity index is 2.31. The van der Waals surface area contributed by atoms with Crippen molar-refractivity contribution in [2.45, 2.75) is 13.8 Å². The molecule has 2 rings (SSSR count). The largest absolute Gasteiger partial charge is 0.493 e. The highest BCUT2D eigenvalue weighted by Crippen LogP contribution is 2.35. The van der Waals surface area contributed by atoms with Gasteiger partial charge in [0.15, 0.2) is 5.69 Å². The fraction of sp³-hybridized carbons (Fsp3) is 0.308. The number of aromatic nitrogens is 1. The third-order valence-corrected chi connectivity index (χ3v) is 3.27. The van der Waals surface area contributed by atoms with Crippen LogP contribution in [0, 0.1) is 0 Å².